The number of carbonyl (C=O) groups excluding carboxylic acids is 1. The summed E-state index contributed by atoms with van der Waals surface area (Å²) in [7, 11) is 0. The van der Waals surface area contributed by atoms with Gasteiger partial charge in [-0.1, -0.05) is 41.4 Å². The molecule has 3 aromatic rings. The topological polar surface area (TPSA) is 94.1 Å². The predicted octanol–water partition coefficient (Wildman–Crippen LogP) is 2.77. The van der Waals surface area contributed by atoms with E-state index in [4.69, 9.17) is 8.94 Å². The first-order valence-corrected chi connectivity index (χ1v) is 7.29. The number of hydrogen-bond acceptors (Lipinski definition) is 6. The summed E-state index contributed by atoms with van der Waals surface area (Å²) in [5, 5.41) is 13.9. The van der Waals surface area contributed by atoms with E-state index in [0.717, 1.165) is 12.0 Å². The second kappa shape index (κ2) is 6.43. The second-order valence-corrected chi connectivity index (χ2v) is 5.13. The van der Waals surface area contributed by atoms with Crippen LogP contribution in [0.5, 0.6) is 0 Å². The molecule has 0 unspecified atom stereocenters. The Kier molecular flexibility index (Phi) is 4.18. The van der Waals surface area contributed by atoms with E-state index < -0.39 is 5.91 Å². The lowest BCUT2D eigenvalue weighted by molar-refractivity contribution is 0.0985. The minimum absolute atomic E-state index is 0.0317. The maximum absolute atomic E-state index is 11.9. The highest BCUT2D eigenvalue weighted by molar-refractivity contribution is 6.00. The lowest BCUT2D eigenvalue weighted by atomic mass is 10.1. The van der Waals surface area contributed by atoms with Gasteiger partial charge in [0.2, 0.25) is 11.7 Å². The van der Waals surface area contributed by atoms with E-state index in [1.807, 2.05) is 12.1 Å². The van der Waals surface area contributed by atoms with Gasteiger partial charge in [0.1, 0.15) is 0 Å². The standard InChI is InChI=1S/C16H16N4O3/c1-3-11-4-6-12(7-5-11)9-14-18-19-16(22-14)17-15(21)13-8-10(2)20-23-13/h4-8H,3,9H2,1-2H3,(H,17,19,21). The number of rotatable bonds is 5. The SMILES string of the molecule is CCc1ccc(Cc2nnc(NC(=O)c3cc(C)no3)o2)cc1. The molecule has 0 aliphatic carbocycles. The van der Waals surface area contributed by atoms with Gasteiger partial charge in [0, 0.05) is 6.07 Å². The molecule has 0 atom stereocenters. The van der Waals surface area contributed by atoms with E-state index >= 15 is 0 Å². The molecule has 0 bridgehead atoms. The number of nitrogens with one attached hydrogen (secondary N) is 1. The molecule has 2 heterocycles. The van der Waals surface area contributed by atoms with Gasteiger partial charge in [-0.3, -0.25) is 10.1 Å². The lowest BCUT2D eigenvalue weighted by Crippen LogP contribution is -2.11. The Labute approximate surface area is 132 Å². The molecule has 0 radical (unpaired) electrons. The van der Waals surface area contributed by atoms with Crippen molar-refractivity contribution in [3.63, 3.8) is 0 Å². The monoisotopic (exact) mass is 312 g/mol. The third kappa shape index (κ3) is 3.63. The molecule has 1 N–H and O–H groups in total. The highest BCUT2D eigenvalue weighted by Gasteiger charge is 2.15. The van der Waals surface area contributed by atoms with E-state index in [1.165, 1.54) is 11.6 Å². The third-order valence-electron chi connectivity index (χ3n) is 3.33. The van der Waals surface area contributed by atoms with Gasteiger partial charge in [-0.05, 0) is 24.5 Å². The Hall–Kier alpha value is -2.96. The highest BCUT2D eigenvalue weighted by Crippen LogP contribution is 2.13. The Bertz CT molecular complexity index is 805. The van der Waals surface area contributed by atoms with E-state index in [1.54, 1.807) is 6.92 Å². The average Bonchev–Trinajstić information content (AvgIpc) is 3.17. The minimum Gasteiger partial charge on any atom is -0.407 e. The number of benzene rings is 1. The van der Waals surface area contributed by atoms with Crippen LogP contribution in [0.1, 0.15) is 40.2 Å². The van der Waals surface area contributed by atoms with Crippen LogP contribution in [-0.4, -0.2) is 21.3 Å². The van der Waals surface area contributed by atoms with Gasteiger partial charge in [-0.25, -0.2) is 0 Å². The Morgan fingerprint density at radius 3 is 2.57 bits per heavy atom. The first kappa shape index (κ1) is 15.0. The molecule has 0 aliphatic heterocycles. The third-order valence-corrected chi connectivity index (χ3v) is 3.33. The number of aromatic nitrogens is 3. The smallest absolute Gasteiger partial charge is 0.322 e. The Morgan fingerprint density at radius 1 is 1.17 bits per heavy atom. The molecule has 0 saturated heterocycles. The van der Waals surface area contributed by atoms with Crippen LogP contribution in [0.2, 0.25) is 0 Å². The van der Waals surface area contributed by atoms with E-state index in [0.29, 0.717) is 18.0 Å². The number of anilines is 1. The van der Waals surface area contributed by atoms with Crippen molar-refractivity contribution in [2.24, 2.45) is 0 Å². The van der Waals surface area contributed by atoms with Gasteiger partial charge in [0.15, 0.2) is 0 Å². The molecule has 1 aromatic carbocycles. The van der Waals surface area contributed by atoms with Gasteiger partial charge in [-0.15, -0.1) is 5.10 Å². The second-order valence-electron chi connectivity index (χ2n) is 5.13. The van der Waals surface area contributed by atoms with Crippen LogP contribution < -0.4 is 5.32 Å². The van der Waals surface area contributed by atoms with Gasteiger partial charge >= 0.3 is 6.01 Å². The highest BCUT2D eigenvalue weighted by atomic mass is 16.5. The number of nitrogens with zero attached hydrogens (tertiary/aromatic N) is 3. The molecular weight excluding hydrogens is 296 g/mol. The molecule has 0 spiro atoms. The van der Waals surface area contributed by atoms with E-state index in [2.05, 4.69) is 39.7 Å². The van der Waals surface area contributed by atoms with Crippen molar-refractivity contribution < 1.29 is 13.7 Å². The molecule has 7 nitrogen and oxygen atoms in total. The lowest BCUT2D eigenvalue weighted by Gasteiger charge is -1.99. The van der Waals surface area contributed by atoms with Crippen LogP contribution in [-0.2, 0) is 12.8 Å². The quantitative estimate of drug-likeness (QED) is 0.778. The average molecular weight is 312 g/mol. The largest absolute Gasteiger partial charge is 0.407 e. The number of aryl methyl sites for hydroxylation is 2. The number of carbonyl (C=O) groups is 1. The fourth-order valence-corrected chi connectivity index (χ4v) is 2.07. The molecule has 3 rings (SSSR count). The zero-order valence-electron chi connectivity index (χ0n) is 12.9. The van der Waals surface area contributed by atoms with Crippen molar-refractivity contribution in [2.45, 2.75) is 26.7 Å². The maximum atomic E-state index is 11.9. The minimum atomic E-state index is -0.479. The molecule has 2 aromatic heterocycles. The summed E-state index contributed by atoms with van der Waals surface area (Å²) < 4.78 is 10.3. The molecule has 1 amide bonds. The molecular formula is C16H16N4O3. The van der Waals surface area contributed by atoms with Crippen LogP contribution in [0.15, 0.2) is 39.3 Å². The molecule has 23 heavy (non-hydrogen) atoms. The summed E-state index contributed by atoms with van der Waals surface area (Å²) in [6, 6.07) is 9.75. The van der Waals surface area contributed by atoms with Crippen molar-refractivity contribution in [2.75, 3.05) is 5.32 Å². The van der Waals surface area contributed by atoms with Crippen molar-refractivity contribution in [3.8, 4) is 0 Å². The van der Waals surface area contributed by atoms with Crippen molar-refractivity contribution >= 4 is 11.9 Å². The zero-order chi connectivity index (χ0) is 16.2. The van der Waals surface area contributed by atoms with Crippen molar-refractivity contribution in [1.29, 1.82) is 0 Å². The molecule has 0 fully saturated rings. The van der Waals surface area contributed by atoms with Gasteiger partial charge < -0.3 is 8.94 Å². The van der Waals surface area contributed by atoms with Crippen LogP contribution in [0.25, 0.3) is 0 Å². The summed E-state index contributed by atoms with van der Waals surface area (Å²) in [6.45, 7) is 3.84. The summed E-state index contributed by atoms with van der Waals surface area (Å²) >= 11 is 0. The van der Waals surface area contributed by atoms with Crippen LogP contribution >= 0.6 is 0 Å². The molecule has 0 saturated carbocycles. The fraction of sp³-hybridized carbons (Fsp3) is 0.250. The van der Waals surface area contributed by atoms with Crippen LogP contribution in [0, 0.1) is 6.92 Å². The van der Waals surface area contributed by atoms with Crippen molar-refractivity contribution in [1.82, 2.24) is 15.4 Å². The Morgan fingerprint density at radius 2 is 1.91 bits per heavy atom. The predicted molar refractivity (Wildman–Crippen MR) is 82.1 cm³/mol. The van der Waals surface area contributed by atoms with E-state index in [-0.39, 0.29) is 11.8 Å². The Balaban J connectivity index is 1.64. The maximum Gasteiger partial charge on any atom is 0.322 e. The summed E-state index contributed by atoms with van der Waals surface area (Å²) in [5.74, 6) is 0.0452. The fourth-order valence-electron chi connectivity index (χ4n) is 2.07. The molecule has 118 valence electrons. The zero-order valence-corrected chi connectivity index (χ0v) is 12.9. The molecule has 0 aliphatic rings. The van der Waals surface area contributed by atoms with Crippen molar-refractivity contribution in [3.05, 3.63) is 58.8 Å². The van der Waals surface area contributed by atoms with Crippen LogP contribution in [0.4, 0.5) is 6.01 Å². The number of amides is 1. The van der Waals surface area contributed by atoms with E-state index in [9.17, 15) is 4.79 Å². The van der Waals surface area contributed by atoms with Gasteiger partial charge in [0.25, 0.3) is 5.91 Å². The summed E-state index contributed by atoms with van der Waals surface area (Å²) in [4.78, 5) is 11.9. The van der Waals surface area contributed by atoms with Crippen LogP contribution in [0.3, 0.4) is 0 Å². The van der Waals surface area contributed by atoms with Gasteiger partial charge in [-0.2, -0.15) is 0 Å². The van der Waals surface area contributed by atoms with Gasteiger partial charge in [0.05, 0.1) is 12.1 Å². The number of hydrogen-bond donors (Lipinski definition) is 1. The first-order chi connectivity index (χ1) is 11.1. The first-order valence-electron chi connectivity index (χ1n) is 7.29. The summed E-state index contributed by atoms with van der Waals surface area (Å²) in [6.07, 6.45) is 1.51. The molecule has 7 heteroatoms. The summed E-state index contributed by atoms with van der Waals surface area (Å²) in [5.41, 5.74) is 2.96. The normalized spacial score (nSPS) is 10.7.